The van der Waals surface area contributed by atoms with Crippen LogP contribution in [-0.2, 0) is 40.5 Å². The van der Waals surface area contributed by atoms with Crippen LogP contribution in [0.4, 0.5) is 0 Å². The fourth-order valence-corrected chi connectivity index (χ4v) is 10.6. The molecule has 0 saturated carbocycles. The lowest BCUT2D eigenvalue weighted by molar-refractivity contribution is 0.476. The fourth-order valence-electron chi connectivity index (χ4n) is 5.53. The van der Waals surface area contributed by atoms with Gasteiger partial charge in [0.15, 0.2) is 0 Å². The predicted molar refractivity (Wildman–Crippen MR) is 213 cm³/mol. The van der Waals surface area contributed by atoms with Crippen LogP contribution < -0.4 is 0 Å². The molecule has 0 unspecified atom stereocenters. The fraction of sp³-hybridized carbons (Fsp3) is 0. The van der Waals surface area contributed by atoms with E-state index in [4.69, 9.17) is 0 Å². The average molecular weight is 856 g/mol. The summed E-state index contributed by atoms with van der Waals surface area (Å²) >= 11 is 2.44. The quantitative estimate of drug-likeness (QED) is 0.0593. The summed E-state index contributed by atoms with van der Waals surface area (Å²) in [5.41, 5.74) is 2.28. The molecule has 0 bridgehead atoms. The van der Waals surface area contributed by atoms with Crippen molar-refractivity contribution in [3.05, 3.63) is 150 Å². The van der Waals surface area contributed by atoms with Crippen LogP contribution in [0.1, 0.15) is 16.7 Å². The Balaban J connectivity index is 1.31. The van der Waals surface area contributed by atoms with Gasteiger partial charge in [-0.3, -0.25) is 18.2 Å². The van der Waals surface area contributed by atoms with Gasteiger partial charge in [0.1, 0.15) is 9.79 Å². The first kappa shape index (κ1) is 40.1. The van der Waals surface area contributed by atoms with Gasteiger partial charge in [-0.2, -0.15) is 33.7 Å². The number of hydrogen-bond acceptors (Lipinski definition) is 9. The molecule has 6 rings (SSSR count). The Labute approximate surface area is 325 Å². The van der Waals surface area contributed by atoms with Crippen molar-refractivity contribution in [3.8, 4) is 10.4 Å². The minimum atomic E-state index is -4.89. The van der Waals surface area contributed by atoms with Gasteiger partial charge in [-0.1, -0.05) is 90.7 Å². The average Bonchev–Trinajstić information content (AvgIpc) is 3.12. The summed E-state index contributed by atoms with van der Waals surface area (Å²) in [5, 5.41) is 0.838. The summed E-state index contributed by atoms with van der Waals surface area (Å²) in [6.45, 7) is 0. The third-order valence-electron chi connectivity index (χ3n) is 7.99. The second-order valence-electron chi connectivity index (χ2n) is 11.6. The van der Waals surface area contributed by atoms with Gasteiger partial charge in [0.05, 0.1) is 15.4 Å². The lowest BCUT2D eigenvalue weighted by Gasteiger charge is -2.20. The first-order valence-electron chi connectivity index (χ1n) is 15.6. The molecule has 0 spiro atoms. The number of thioether (sulfide) groups is 1. The van der Waals surface area contributed by atoms with Crippen molar-refractivity contribution in [2.45, 2.75) is 24.5 Å². The first-order valence-corrected chi connectivity index (χ1v) is 23.0. The summed E-state index contributed by atoms with van der Waals surface area (Å²) in [5.74, 6) is 0. The van der Waals surface area contributed by atoms with E-state index < -0.39 is 60.1 Å². The van der Waals surface area contributed by atoms with E-state index in [0.29, 0.717) is 33.1 Å². The molecule has 0 fully saturated rings. The highest BCUT2D eigenvalue weighted by Crippen LogP contribution is 2.46. The van der Waals surface area contributed by atoms with Crippen LogP contribution in [0.25, 0.3) is 37.1 Å². The van der Waals surface area contributed by atoms with Crippen molar-refractivity contribution in [2.75, 3.05) is 0 Å². The van der Waals surface area contributed by atoms with Gasteiger partial charge in [0.2, 0.25) is 20.9 Å². The molecule has 0 atom stereocenters. The second kappa shape index (κ2) is 15.5. The van der Waals surface area contributed by atoms with Gasteiger partial charge >= 0.3 is 0 Å². The number of rotatable bonds is 10. The summed E-state index contributed by atoms with van der Waals surface area (Å²) < 4.78 is 135. The lowest BCUT2D eigenvalue weighted by Crippen LogP contribution is -2.07. The van der Waals surface area contributed by atoms with Crippen LogP contribution in [-0.4, -0.2) is 51.9 Å². The molecule has 55 heavy (non-hydrogen) atoms. The summed E-state index contributed by atoms with van der Waals surface area (Å²) in [6.07, 6.45) is 14.0. The maximum atomic E-state index is 12.3. The van der Waals surface area contributed by atoms with Gasteiger partial charge in [0, 0.05) is 32.9 Å². The number of allylic oxidation sites excluding steroid dienone is 8. The van der Waals surface area contributed by atoms with Crippen molar-refractivity contribution in [3.63, 3.8) is 0 Å². The molecule has 0 radical (unpaired) electrons. The zero-order chi connectivity index (χ0) is 39.8. The van der Waals surface area contributed by atoms with Crippen LogP contribution in [0.5, 0.6) is 0 Å². The van der Waals surface area contributed by atoms with Gasteiger partial charge in [0.25, 0.3) is 40.5 Å². The molecule has 4 N–H and O–H groups in total. The lowest BCUT2D eigenvalue weighted by atomic mass is 10.0. The van der Waals surface area contributed by atoms with Crippen molar-refractivity contribution < 1.29 is 51.9 Å². The maximum absolute atomic E-state index is 12.3. The number of hydrogen-bond donors (Lipinski definition) is 4. The van der Waals surface area contributed by atoms with Crippen molar-refractivity contribution in [2.24, 2.45) is 0 Å². The van der Waals surface area contributed by atoms with E-state index in [9.17, 15) is 51.9 Å². The largest absolute Gasteiger partial charge is 0.295 e. The molecular weight excluding hydrogens is 829 g/mol. The Bertz CT molecular complexity index is 3000. The normalized spacial score (nSPS) is 15.0. The highest BCUT2D eigenvalue weighted by molar-refractivity contribution is 8.08. The standard InChI is InChI=1S/C37H26O12S6/c38-52(39,40)26-16-18-30(36(22-26)54(44,45)46)34-20-24(28-12-6-8-14-32(28)50-34)10-4-2-1-3-5-11-25-21-35(51-33-15-9-7-13-29(25)33)31-19-17-27(53(41,42)43)23-37(31)55(47,48)49/h1-23H,(H3-,38,39,40,41,42,43,44,45,46,47,48,49)/p+1. The highest BCUT2D eigenvalue weighted by atomic mass is 32.2. The third kappa shape index (κ3) is 9.27. The van der Waals surface area contributed by atoms with Gasteiger partial charge in [-0.05, 0) is 65.2 Å². The first-order chi connectivity index (χ1) is 25.8. The molecular formula is C37H27O12S6+. The molecule has 4 aromatic carbocycles. The Kier molecular flexibility index (Phi) is 11.3. The van der Waals surface area contributed by atoms with E-state index in [1.54, 1.807) is 66.8 Å². The Hall–Kier alpha value is -4.60. The minimum Gasteiger partial charge on any atom is -0.282 e. The molecule has 0 saturated heterocycles. The van der Waals surface area contributed by atoms with E-state index in [1.165, 1.54) is 35.2 Å². The van der Waals surface area contributed by atoms with E-state index in [1.807, 2.05) is 36.4 Å². The predicted octanol–water partition coefficient (Wildman–Crippen LogP) is 8.19. The van der Waals surface area contributed by atoms with Crippen molar-refractivity contribution >= 4 is 90.2 Å². The zero-order valence-corrected chi connectivity index (χ0v) is 32.7. The zero-order valence-electron chi connectivity index (χ0n) is 27.8. The van der Waals surface area contributed by atoms with Gasteiger partial charge in [-0.15, -0.1) is 0 Å². The third-order valence-corrected chi connectivity index (χ3v) is 13.7. The topological polar surface area (TPSA) is 217 Å². The molecule has 1 aromatic heterocycles. The van der Waals surface area contributed by atoms with Crippen molar-refractivity contribution in [1.29, 1.82) is 0 Å². The Morgan fingerprint density at radius 2 is 1.11 bits per heavy atom. The SMILES string of the molecule is O=S(=O)(O)c1ccc(C2=C\C(=C/C=C/C=C/C=C/c3cc(-c4ccc(S(=O)(=O)O)cc4S(=O)(=O)O)[s+]c4ccccc34)c3ccccc3S2)c(S(=O)(=O)O)c1. The van der Waals surface area contributed by atoms with Gasteiger partial charge in [-0.25, -0.2) is 0 Å². The molecule has 0 aliphatic carbocycles. The second-order valence-corrected chi connectivity index (χ2v) is 19.4. The van der Waals surface area contributed by atoms with Crippen LogP contribution in [0.3, 0.4) is 0 Å². The molecule has 0 amide bonds. The summed E-state index contributed by atoms with van der Waals surface area (Å²) in [6, 6.07) is 22.3. The molecule has 18 heteroatoms. The summed E-state index contributed by atoms with van der Waals surface area (Å²) in [4.78, 5) is -1.17. The van der Waals surface area contributed by atoms with E-state index in [2.05, 4.69) is 0 Å². The molecule has 282 valence electrons. The number of benzene rings is 4. The Morgan fingerprint density at radius 1 is 0.545 bits per heavy atom. The van der Waals surface area contributed by atoms with Crippen LogP contribution in [0.15, 0.2) is 158 Å². The summed E-state index contributed by atoms with van der Waals surface area (Å²) in [7, 11) is -19.3. The maximum Gasteiger partial charge on any atom is 0.295 e. The molecule has 1 aliphatic rings. The van der Waals surface area contributed by atoms with E-state index in [-0.39, 0.29) is 11.1 Å². The smallest absolute Gasteiger partial charge is 0.282 e. The monoisotopic (exact) mass is 855 g/mol. The van der Waals surface area contributed by atoms with Gasteiger partial charge < -0.3 is 0 Å². The van der Waals surface area contributed by atoms with Crippen molar-refractivity contribution in [1.82, 2.24) is 0 Å². The minimum absolute atomic E-state index is 0.0380. The molecule has 12 nitrogen and oxygen atoms in total. The molecule has 2 heterocycles. The number of fused-ring (bicyclic) bond motifs is 2. The van der Waals surface area contributed by atoms with Crippen LogP contribution in [0.2, 0.25) is 0 Å². The van der Waals surface area contributed by atoms with E-state index >= 15 is 0 Å². The van der Waals surface area contributed by atoms with Crippen LogP contribution in [0, 0.1) is 0 Å². The molecule has 1 aliphatic heterocycles. The van der Waals surface area contributed by atoms with Crippen LogP contribution >= 0.6 is 23.1 Å². The molecule has 5 aromatic rings. The highest BCUT2D eigenvalue weighted by Gasteiger charge is 2.28. The Morgan fingerprint density at radius 3 is 1.76 bits per heavy atom. The van der Waals surface area contributed by atoms with E-state index in [0.717, 1.165) is 32.7 Å².